The minimum Gasteiger partial charge on any atom is -0.352 e. The summed E-state index contributed by atoms with van der Waals surface area (Å²) in [5.41, 5.74) is 2.04. The van der Waals surface area contributed by atoms with Gasteiger partial charge in [-0.15, -0.1) is 0 Å². The van der Waals surface area contributed by atoms with E-state index in [-0.39, 0.29) is 10.8 Å². The first kappa shape index (κ1) is 26.2. The van der Waals surface area contributed by atoms with Gasteiger partial charge in [0.2, 0.25) is 0 Å². The lowest BCUT2D eigenvalue weighted by molar-refractivity contribution is 0.0948. The number of nitrogens with one attached hydrogen (secondary N) is 2. The smallest absolute Gasteiger partial charge is 0.261 e. The molecule has 2 N–H and O–H groups in total. The Labute approximate surface area is 204 Å². The maximum Gasteiger partial charge on any atom is 0.261 e. The molecule has 1 fully saturated rings. The quantitative estimate of drug-likeness (QED) is 0.448. The van der Waals surface area contributed by atoms with E-state index < -0.39 is 10.0 Å². The molecule has 0 aromatic heterocycles. The van der Waals surface area contributed by atoms with Crippen molar-refractivity contribution in [2.24, 2.45) is 0 Å². The van der Waals surface area contributed by atoms with E-state index in [1.165, 1.54) is 17.7 Å². The van der Waals surface area contributed by atoms with Crippen LogP contribution in [-0.2, 0) is 16.4 Å². The van der Waals surface area contributed by atoms with E-state index in [9.17, 15) is 13.2 Å². The standard InChI is InChI=1S/C26H38N4O3S/c1-3-5-8-22-11-13-24(14-12-22)28-34(32,33)25-10-6-9-23(21-25)26(31)27-15-7-16-30-19-17-29(4-2)18-20-30/h6,9-14,21,28H,3-5,7-8,15-20H2,1-2H3,(H,27,31). The lowest BCUT2D eigenvalue weighted by Crippen LogP contribution is -2.46. The number of unbranched alkanes of at least 4 members (excludes halogenated alkanes) is 1. The molecule has 1 amide bonds. The SMILES string of the molecule is CCCCc1ccc(NS(=O)(=O)c2cccc(C(=O)NCCCN3CCN(CC)CC3)c2)cc1. The molecule has 0 saturated carbocycles. The van der Waals surface area contributed by atoms with Gasteiger partial charge in [0.1, 0.15) is 0 Å². The molecule has 2 aromatic carbocycles. The summed E-state index contributed by atoms with van der Waals surface area (Å²) >= 11 is 0. The Morgan fingerprint density at radius 2 is 1.65 bits per heavy atom. The van der Waals surface area contributed by atoms with Gasteiger partial charge in [-0.1, -0.05) is 38.5 Å². The van der Waals surface area contributed by atoms with Crippen LogP contribution in [0, 0.1) is 0 Å². The van der Waals surface area contributed by atoms with Crippen LogP contribution in [0.15, 0.2) is 53.4 Å². The van der Waals surface area contributed by atoms with Crippen molar-refractivity contribution in [1.29, 1.82) is 0 Å². The molecule has 2 aromatic rings. The maximum absolute atomic E-state index is 12.9. The largest absolute Gasteiger partial charge is 0.352 e. The van der Waals surface area contributed by atoms with Gasteiger partial charge >= 0.3 is 0 Å². The van der Waals surface area contributed by atoms with Crippen LogP contribution in [0.25, 0.3) is 0 Å². The fourth-order valence-electron chi connectivity index (χ4n) is 4.07. The third-order valence-electron chi connectivity index (χ3n) is 6.28. The Bertz CT molecular complexity index is 1020. The third kappa shape index (κ3) is 7.82. The molecule has 186 valence electrons. The van der Waals surface area contributed by atoms with E-state index in [4.69, 9.17) is 0 Å². The summed E-state index contributed by atoms with van der Waals surface area (Å²) in [6, 6.07) is 13.6. The molecule has 0 spiro atoms. The fourth-order valence-corrected chi connectivity index (χ4v) is 5.18. The fraction of sp³-hybridized carbons (Fsp3) is 0.500. The number of amides is 1. The Balaban J connectivity index is 1.50. The van der Waals surface area contributed by atoms with Gasteiger partial charge in [0.05, 0.1) is 4.90 Å². The number of hydrogen-bond donors (Lipinski definition) is 2. The van der Waals surface area contributed by atoms with E-state index in [2.05, 4.69) is 33.7 Å². The van der Waals surface area contributed by atoms with Crippen LogP contribution in [0.1, 0.15) is 49.0 Å². The predicted octanol–water partition coefficient (Wildman–Crippen LogP) is 3.59. The van der Waals surface area contributed by atoms with Crippen molar-refractivity contribution in [2.75, 3.05) is 50.5 Å². The Morgan fingerprint density at radius 1 is 0.941 bits per heavy atom. The second-order valence-electron chi connectivity index (χ2n) is 8.82. The van der Waals surface area contributed by atoms with Crippen LogP contribution in [0.3, 0.4) is 0 Å². The van der Waals surface area contributed by atoms with Crippen LogP contribution in [0.5, 0.6) is 0 Å². The molecule has 0 aliphatic carbocycles. The number of anilines is 1. The molecule has 8 heteroatoms. The molecular weight excluding hydrogens is 448 g/mol. The minimum absolute atomic E-state index is 0.0732. The van der Waals surface area contributed by atoms with Crippen LogP contribution in [0.2, 0.25) is 0 Å². The number of aryl methyl sites for hydroxylation is 1. The van der Waals surface area contributed by atoms with Gasteiger partial charge in [0.15, 0.2) is 0 Å². The van der Waals surface area contributed by atoms with Gasteiger partial charge in [-0.05, 0) is 68.2 Å². The lowest BCUT2D eigenvalue weighted by atomic mass is 10.1. The molecule has 3 rings (SSSR count). The zero-order chi connectivity index (χ0) is 24.4. The number of benzene rings is 2. The first-order chi connectivity index (χ1) is 16.4. The highest BCUT2D eigenvalue weighted by molar-refractivity contribution is 7.92. The van der Waals surface area contributed by atoms with Crippen molar-refractivity contribution < 1.29 is 13.2 Å². The van der Waals surface area contributed by atoms with E-state index in [0.29, 0.717) is 17.8 Å². The zero-order valence-corrected chi connectivity index (χ0v) is 21.2. The van der Waals surface area contributed by atoms with Gasteiger partial charge in [-0.2, -0.15) is 0 Å². The first-order valence-corrected chi connectivity index (χ1v) is 13.8. The van der Waals surface area contributed by atoms with E-state index in [1.807, 2.05) is 12.1 Å². The number of carbonyl (C=O) groups is 1. The highest BCUT2D eigenvalue weighted by atomic mass is 32.2. The Hall–Kier alpha value is -2.42. The summed E-state index contributed by atoms with van der Waals surface area (Å²) in [4.78, 5) is 17.5. The van der Waals surface area contributed by atoms with Crippen molar-refractivity contribution in [2.45, 2.75) is 44.4 Å². The molecule has 0 unspecified atom stereocenters. The van der Waals surface area contributed by atoms with E-state index in [0.717, 1.165) is 65.0 Å². The first-order valence-electron chi connectivity index (χ1n) is 12.4. The average molecular weight is 487 g/mol. The van der Waals surface area contributed by atoms with Crippen molar-refractivity contribution >= 4 is 21.6 Å². The van der Waals surface area contributed by atoms with Crippen LogP contribution < -0.4 is 10.0 Å². The van der Waals surface area contributed by atoms with Crippen LogP contribution in [-0.4, -0.2) is 69.9 Å². The van der Waals surface area contributed by atoms with Crippen LogP contribution >= 0.6 is 0 Å². The van der Waals surface area contributed by atoms with Gasteiger partial charge in [-0.25, -0.2) is 8.42 Å². The monoisotopic (exact) mass is 486 g/mol. The van der Waals surface area contributed by atoms with Gasteiger partial charge < -0.3 is 15.1 Å². The number of hydrogen-bond acceptors (Lipinski definition) is 5. The van der Waals surface area contributed by atoms with Crippen molar-refractivity contribution in [3.05, 3.63) is 59.7 Å². The Morgan fingerprint density at radius 3 is 2.32 bits per heavy atom. The molecular formula is C26H38N4O3S. The van der Waals surface area contributed by atoms with Crippen molar-refractivity contribution in [1.82, 2.24) is 15.1 Å². The summed E-state index contributed by atoms with van der Waals surface area (Å²) in [7, 11) is -3.79. The topological polar surface area (TPSA) is 81.7 Å². The van der Waals surface area contributed by atoms with E-state index >= 15 is 0 Å². The summed E-state index contributed by atoms with van der Waals surface area (Å²) in [5.74, 6) is -0.256. The van der Waals surface area contributed by atoms with Gasteiger partial charge in [-0.3, -0.25) is 9.52 Å². The summed E-state index contributed by atoms with van der Waals surface area (Å²) in [5, 5.41) is 2.92. The maximum atomic E-state index is 12.9. The van der Waals surface area contributed by atoms with Crippen molar-refractivity contribution in [3.63, 3.8) is 0 Å². The number of rotatable bonds is 12. The number of sulfonamides is 1. The number of nitrogens with zero attached hydrogens (tertiary/aromatic N) is 2. The second-order valence-corrected chi connectivity index (χ2v) is 10.5. The molecule has 0 bridgehead atoms. The van der Waals surface area contributed by atoms with Gasteiger partial charge in [0, 0.05) is 44.0 Å². The number of piperazine rings is 1. The number of carbonyl (C=O) groups excluding carboxylic acids is 1. The molecule has 34 heavy (non-hydrogen) atoms. The number of likely N-dealkylation sites (N-methyl/N-ethyl adjacent to an activating group) is 1. The Kier molecular flexibility index (Phi) is 9.92. The summed E-state index contributed by atoms with van der Waals surface area (Å²) in [6.45, 7) is 11.3. The minimum atomic E-state index is -3.79. The molecule has 1 saturated heterocycles. The molecule has 1 heterocycles. The lowest BCUT2D eigenvalue weighted by Gasteiger charge is -2.33. The molecule has 0 radical (unpaired) electrons. The zero-order valence-electron chi connectivity index (χ0n) is 20.4. The summed E-state index contributed by atoms with van der Waals surface area (Å²) < 4.78 is 28.3. The molecule has 0 atom stereocenters. The second kappa shape index (κ2) is 12.9. The molecule has 1 aliphatic rings. The third-order valence-corrected chi connectivity index (χ3v) is 7.66. The normalized spacial score (nSPS) is 15.2. The predicted molar refractivity (Wildman–Crippen MR) is 138 cm³/mol. The van der Waals surface area contributed by atoms with Crippen molar-refractivity contribution in [3.8, 4) is 0 Å². The summed E-state index contributed by atoms with van der Waals surface area (Å²) in [6.07, 6.45) is 4.08. The molecule has 1 aliphatic heterocycles. The van der Waals surface area contributed by atoms with E-state index in [1.54, 1.807) is 24.3 Å². The highest BCUT2D eigenvalue weighted by Gasteiger charge is 2.17. The average Bonchev–Trinajstić information content (AvgIpc) is 2.86. The van der Waals surface area contributed by atoms with Crippen LogP contribution in [0.4, 0.5) is 5.69 Å². The highest BCUT2D eigenvalue weighted by Crippen LogP contribution is 2.18. The molecule has 7 nitrogen and oxygen atoms in total. The van der Waals surface area contributed by atoms with Gasteiger partial charge in [0.25, 0.3) is 15.9 Å².